The number of rotatable bonds is 8. The summed E-state index contributed by atoms with van der Waals surface area (Å²) in [6, 6.07) is 8.86. The molecule has 0 aliphatic rings. The van der Waals surface area contributed by atoms with E-state index in [0.717, 1.165) is 0 Å². The molecule has 0 saturated heterocycles. The van der Waals surface area contributed by atoms with Crippen molar-refractivity contribution in [3.63, 3.8) is 0 Å². The first-order valence-electron chi connectivity index (χ1n) is 9.38. The minimum absolute atomic E-state index is 0.0108. The fourth-order valence-corrected chi connectivity index (χ4v) is 3.17. The van der Waals surface area contributed by atoms with Crippen molar-refractivity contribution in [1.82, 2.24) is 0 Å². The van der Waals surface area contributed by atoms with E-state index in [9.17, 15) is 20.1 Å². The Morgan fingerprint density at radius 1 is 1.07 bits per heavy atom. The van der Waals surface area contributed by atoms with Crippen LogP contribution < -0.4 is 10.2 Å². The van der Waals surface area contributed by atoms with Crippen LogP contribution in [0.4, 0.5) is 0 Å². The maximum atomic E-state index is 12.5. The highest BCUT2D eigenvalue weighted by atomic mass is 16.5. The molecule has 4 N–H and O–H groups in total. The number of aromatic hydroxyl groups is 2. The Hall–Kier alpha value is -3.07. The molecule has 1 aromatic heterocycles. The van der Waals surface area contributed by atoms with Gasteiger partial charge in [0.15, 0.2) is 5.43 Å². The number of hydrogen-bond acceptors (Lipinski definition) is 8. The van der Waals surface area contributed by atoms with Gasteiger partial charge in [-0.2, -0.15) is 0 Å². The summed E-state index contributed by atoms with van der Waals surface area (Å²) in [5.74, 6) is 0.0873. The van der Waals surface area contributed by atoms with Crippen LogP contribution in [0.5, 0.6) is 17.2 Å². The Labute approximate surface area is 172 Å². The average molecular weight is 416 g/mol. The van der Waals surface area contributed by atoms with Gasteiger partial charge in [0.1, 0.15) is 46.7 Å². The van der Waals surface area contributed by atoms with Crippen LogP contribution in [-0.2, 0) is 4.74 Å². The largest absolute Gasteiger partial charge is 0.508 e. The zero-order chi connectivity index (χ0) is 21.8. The van der Waals surface area contributed by atoms with Crippen molar-refractivity contribution >= 4 is 11.0 Å². The van der Waals surface area contributed by atoms with Gasteiger partial charge >= 0.3 is 0 Å². The van der Waals surface area contributed by atoms with E-state index in [1.54, 1.807) is 19.2 Å². The minimum Gasteiger partial charge on any atom is -0.508 e. The Morgan fingerprint density at radius 2 is 1.83 bits per heavy atom. The highest BCUT2D eigenvalue weighted by molar-refractivity contribution is 5.86. The number of aliphatic hydroxyl groups excluding tert-OH is 2. The van der Waals surface area contributed by atoms with Crippen molar-refractivity contribution in [3.05, 3.63) is 52.2 Å². The van der Waals surface area contributed by atoms with Crippen LogP contribution >= 0.6 is 0 Å². The fourth-order valence-electron chi connectivity index (χ4n) is 3.17. The van der Waals surface area contributed by atoms with Crippen LogP contribution in [0.15, 0.2) is 45.6 Å². The first-order valence-corrected chi connectivity index (χ1v) is 9.38. The van der Waals surface area contributed by atoms with Crippen molar-refractivity contribution in [2.24, 2.45) is 0 Å². The molecule has 30 heavy (non-hydrogen) atoms. The van der Waals surface area contributed by atoms with Gasteiger partial charge in [-0.3, -0.25) is 4.79 Å². The van der Waals surface area contributed by atoms with Crippen molar-refractivity contribution in [2.75, 3.05) is 26.9 Å². The van der Waals surface area contributed by atoms with Crippen LogP contribution in [0.1, 0.15) is 18.4 Å². The molecule has 160 valence electrons. The molecule has 0 aliphatic heterocycles. The molecule has 0 fully saturated rings. The maximum absolute atomic E-state index is 12.5. The molecule has 0 radical (unpaired) electrons. The van der Waals surface area contributed by atoms with E-state index in [2.05, 4.69) is 0 Å². The molecule has 2 aromatic carbocycles. The Morgan fingerprint density at radius 3 is 2.50 bits per heavy atom. The molecular weight excluding hydrogens is 392 g/mol. The fraction of sp³-hybridized carbons (Fsp3) is 0.318. The molecule has 8 nitrogen and oxygen atoms in total. The maximum Gasteiger partial charge on any atom is 0.197 e. The van der Waals surface area contributed by atoms with Gasteiger partial charge in [0.25, 0.3) is 0 Å². The van der Waals surface area contributed by atoms with Gasteiger partial charge in [0.05, 0.1) is 13.2 Å². The monoisotopic (exact) mass is 416 g/mol. The van der Waals surface area contributed by atoms with E-state index >= 15 is 0 Å². The summed E-state index contributed by atoms with van der Waals surface area (Å²) < 4.78 is 16.3. The first-order chi connectivity index (χ1) is 14.3. The summed E-state index contributed by atoms with van der Waals surface area (Å²) in [4.78, 5) is 12.5. The van der Waals surface area contributed by atoms with E-state index in [4.69, 9.17) is 19.0 Å². The third-order valence-corrected chi connectivity index (χ3v) is 4.70. The molecule has 3 rings (SSSR count). The normalized spacial score (nSPS) is 13.3. The smallest absolute Gasteiger partial charge is 0.197 e. The third-order valence-electron chi connectivity index (χ3n) is 4.70. The molecule has 2 atom stereocenters. The molecule has 3 aromatic rings. The van der Waals surface area contributed by atoms with E-state index in [0.29, 0.717) is 17.7 Å². The van der Waals surface area contributed by atoms with Gasteiger partial charge in [0.2, 0.25) is 0 Å². The number of methoxy groups -OCH3 is 1. The quantitative estimate of drug-likeness (QED) is 0.440. The lowest BCUT2D eigenvalue weighted by molar-refractivity contribution is 0.0535. The third kappa shape index (κ3) is 4.56. The van der Waals surface area contributed by atoms with E-state index in [1.165, 1.54) is 24.3 Å². The molecule has 0 aliphatic carbocycles. The van der Waals surface area contributed by atoms with Crippen LogP contribution in [0.25, 0.3) is 22.3 Å². The van der Waals surface area contributed by atoms with E-state index in [1.807, 2.05) is 6.92 Å². The molecule has 0 saturated carbocycles. The molecule has 1 unspecified atom stereocenters. The van der Waals surface area contributed by atoms with Gasteiger partial charge < -0.3 is 34.3 Å². The number of aliphatic hydroxyl groups is 2. The Balaban J connectivity index is 2.01. The lowest BCUT2D eigenvalue weighted by Gasteiger charge is -2.14. The predicted octanol–water partition coefficient (Wildman–Crippen LogP) is 2.35. The van der Waals surface area contributed by atoms with Crippen LogP contribution in [-0.4, -0.2) is 53.5 Å². The molecule has 1 heterocycles. The number of ether oxygens (including phenoxy) is 2. The molecule has 0 spiro atoms. The standard InChI is InChI=1S/C22H24O8/c1-12(10-28-2)16-4-3-13(5-17(16)25)20-8-19(27)22-18(26)6-15(7-21(22)30-20)29-11-14(24)9-23/h3-8,12,14,23-26H,9-11H2,1-2H3/t12?,14-/m0/s1. The van der Waals surface area contributed by atoms with Crippen molar-refractivity contribution < 1.29 is 34.3 Å². The second-order valence-corrected chi connectivity index (χ2v) is 7.07. The van der Waals surface area contributed by atoms with Gasteiger partial charge in [0, 0.05) is 36.8 Å². The van der Waals surface area contributed by atoms with Crippen LogP contribution in [0, 0.1) is 0 Å². The number of hydrogen-bond donors (Lipinski definition) is 4. The van der Waals surface area contributed by atoms with E-state index in [-0.39, 0.29) is 46.5 Å². The molecule has 0 amide bonds. The van der Waals surface area contributed by atoms with E-state index < -0.39 is 18.1 Å². The van der Waals surface area contributed by atoms with Crippen molar-refractivity contribution in [2.45, 2.75) is 18.9 Å². The van der Waals surface area contributed by atoms with Gasteiger partial charge in [-0.05, 0) is 11.6 Å². The van der Waals surface area contributed by atoms with Crippen LogP contribution in [0.3, 0.4) is 0 Å². The highest BCUT2D eigenvalue weighted by Crippen LogP contribution is 2.34. The van der Waals surface area contributed by atoms with Gasteiger partial charge in [-0.25, -0.2) is 0 Å². The van der Waals surface area contributed by atoms with Crippen molar-refractivity contribution in [1.29, 1.82) is 0 Å². The number of benzene rings is 2. The predicted molar refractivity (Wildman–Crippen MR) is 110 cm³/mol. The lowest BCUT2D eigenvalue weighted by atomic mass is 9.98. The molecule has 0 bridgehead atoms. The molecule has 8 heteroatoms. The second kappa shape index (κ2) is 9.17. The summed E-state index contributed by atoms with van der Waals surface area (Å²) in [5.41, 5.74) is 0.824. The van der Waals surface area contributed by atoms with Crippen LogP contribution in [0.2, 0.25) is 0 Å². The summed E-state index contributed by atoms with van der Waals surface area (Å²) >= 11 is 0. The Bertz CT molecular complexity index is 1090. The Kier molecular flexibility index (Phi) is 6.61. The minimum atomic E-state index is -1.08. The topological polar surface area (TPSA) is 130 Å². The lowest BCUT2D eigenvalue weighted by Crippen LogP contribution is -2.21. The second-order valence-electron chi connectivity index (χ2n) is 7.07. The summed E-state index contributed by atoms with van der Waals surface area (Å²) in [5, 5.41) is 38.9. The SMILES string of the molecule is COCC(C)c1ccc(-c2cc(=O)c3c(O)cc(OC[C@@H](O)CO)cc3o2)cc1O. The number of phenolic OH excluding ortho intramolecular Hbond substituents is 2. The average Bonchev–Trinajstić information content (AvgIpc) is 2.71. The number of phenols is 2. The van der Waals surface area contributed by atoms with Gasteiger partial charge in [-0.15, -0.1) is 0 Å². The zero-order valence-electron chi connectivity index (χ0n) is 16.7. The summed E-state index contributed by atoms with van der Waals surface area (Å²) in [6.45, 7) is 1.71. The summed E-state index contributed by atoms with van der Waals surface area (Å²) in [6.07, 6.45) is -1.08. The first kappa shape index (κ1) is 21.6. The summed E-state index contributed by atoms with van der Waals surface area (Å²) in [7, 11) is 1.59. The zero-order valence-corrected chi connectivity index (χ0v) is 16.7. The van der Waals surface area contributed by atoms with Crippen molar-refractivity contribution in [3.8, 4) is 28.6 Å². The van der Waals surface area contributed by atoms with Gasteiger partial charge in [-0.1, -0.05) is 19.1 Å². The molecular formula is C22H24O8. The number of fused-ring (bicyclic) bond motifs is 1. The highest BCUT2D eigenvalue weighted by Gasteiger charge is 2.16.